The zero-order chi connectivity index (χ0) is 13.6. The van der Waals surface area contributed by atoms with Gasteiger partial charge in [-0.15, -0.1) is 0 Å². The summed E-state index contributed by atoms with van der Waals surface area (Å²) in [5, 5.41) is 0. The van der Waals surface area contributed by atoms with Crippen LogP contribution in [-0.2, 0) is 4.74 Å². The molecule has 0 aromatic heterocycles. The molecule has 0 aliphatic carbocycles. The monoisotopic (exact) mass is 264 g/mol. The summed E-state index contributed by atoms with van der Waals surface area (Å²) in [6.07, 6.45) is 0.462. The predicted octanol–water partition coefficient (Wildman–Crippen LogP) is 2.07. The number of ether oxygens (including phenoxy) is 1. The number of piperazine rings is 1. The minimum Gasteiger partial charge on any atom is -0.378 e. The molecule has 18 heavy (non-hydrogen) atoms. The molecule has 0 radical (unpaired) electrons. The molecule has 3 nitrogen and oxygen atoms in total. The third kappa shape index (κ3) is 5.59. The smallest absolute Gasteiger partial charge is 0.271 e. The molecular formula is C13H26F2N2O. The molecule has 1 fully saturated rings. The summed E-state index contributed by atoms with van der Waals surface area (Å²) >= 11 is 0. The molecule has 1 rings (SSSR count). The maximum absolute atomic E-state index is 13.2. The average Bonchev–Trinajstić information content (AvgIpc) is 2.29. The molecule has 0 spiro atoms. The molecule has 0 saturated carbocycles. The number of alkyl halides is 2. The van der Waals surface area contributed by atoms with E-state index in [2.05, 4.69) is 28.4 Å². The SMILES string of the molecule is COCC(F)(F)CCCN1CCN(C(C)C)CC1. The van der Waals surface area contributed by atoms with Crippen LogP contribution in [0, 0.1) is 0 Å². The van der Waals surface area contributed by atoms with E-state index in [1.807, 2.05) is 0 Å². The summed E-state index contributed by atoms with van der Waals surface area (Å²) in [6.45, 7) is 8.78. The van der Waals surface area contributed by atoms with Gasteiger partial charge in [0.2, 0.25) is 0 Å². The number of hydrogen-bond donors (Lipinski definition) is 0. The molecule has 1 aliphatic rings. The van der Waals surface area contributed by atoms with E-state index < -0.39 is 12.5 Å². The molecular weight excluding hydrogens is 238 g/mol. The molecule has 1 aliphatic heterocycles. The quantitative estimate of drug-likeness (QED) is 0.700. The van der Waals surface area contributed by atoms with Crippen LogP contribution >= 0.6 is 0 Å². The summed E-state index contributed by atoms with van der Waals surface area (Å²) in [4.78, 5) is 4.71. The lowest BCUT2D eigenvalue weighted by Crippen LogP contribution is -2.49. The minimum atomic E-state index is -2.67. The van der Waals surface area contributed by atoms with Gasteiger partial charge in [0.15, 0.2) is 0 Å². The van der Waals surface area contributed by atoms with Crippen molar-refractivity contribution >= 4 is 0 Å². The third-order valence-electron chi connectivity index (χ3n) is 3.51. The van der Waals surface area contributed by atoms with Crippen molar-refractivity contribution in [3.05, 3.63) is 0 Å². The zero-order valence-electron chi connectivity index (χ0n) is 11.8. The van der Waals surface area contributed by atoms with Gasteiger partial charge in [0.1, 0.15) is 6.61 Å². The summed E-state index contributed by atoms with van der Waals surface area (Å²) in [7, 11) is 1.32. The van der Waals surface area contributed by atoms with Gasteiger partial charge < -0.3 is 9.64 Å². The highest BCUT2D eigenvalue weighted by molar-refractivity contribution is 4.75. The topological polar surface area (TPSA) is 15.7 Å². The number of nitrogens with zero attached hydrogens (tertiary/aromatic N) is 2. The highest BCUT2D eigenvalue weighted by atomic mass is 19.3. The van der Waals surface area contributed by atoms with E-state index in [9.17, 15) is 8.78 Å². The number of methoxy groups -OCH3 is 1. The second kappa shape index (κ2) is 7.36. The van der Waals surface area contributed by atoms with Crippen LogP contribution in [0.2, 0.25) is 0 Å². The molecule has 0 aromatic carbocycles. The first-order chi connectivity index (χ1) is 8.44. The van der Waals surface area contributed by atoms with Crippen LogP contribution in [-0.4, -0.2) is 68.2 Å². The number of halogens is 2. The Morgan fingerprint density at radius 3 is 2.28 bits per heavy atom. The molecule has 0 N–H and O–H groups in total. The minimum absolute atomic E-state index is 0.0781. The number of hydrogen-bond acceptors (Lipinski definition) is 3. The fourth-order valence-electron chi connectivity index (χ4n) is 2.35. The predicted molar refractivity (Wildman–Crippen MR) is 69.2 cm³/mol. The van der Waals surface area contributed by atoms with Gasteiger partial charge >= 0.3 is 0 Å². The van der Waals surface area contributed by atoms with E-state index >= 15 is 0 Å². The molecule has 108 valence electrons. The Hall–Kier alpha value is -0.260. The molecule has 0 unspecified atom stereocenters. The first kappa shape index (κ1) is 15.8. The Balaban J connectivity index is 2.14. The zero-order valence-corrected chi connectivity index (χ0v) is 11.8. The van der Waals surface area contributed by atoms with Crippen LogP contribution in [0.5, 0.6) is 0 Å². The van der Waals surface area contributed by atoms with Gasteiger partial charge in [0, 0.05) is 45.8 Å². The standard InChI is InChI=1S/C13H26F2N2O/c1-12(2)17-9-7-16(8-10-17)6-4-5-13(14,15)11-18-3/h12H,4-11H2,1-3H3. The fourth-order valence-corrected chi connectivity index (χ4v) is 2.35. The fraction of sp³-hybridized carbons (Fsp3) is 1.00. The van der Waals surface area contributed by atoms with Crippen molar-refractivity contribution in [1.29, 1.82) is 0 Å². The van der Waals surface area contributed by atoms with E-state index in [-0.39, 0.29) is 6.42 Å². The highest BCUT2D eigenvalue weighted by Gasteiger charge is 2.28. The Kier molecular flexibility index (Phi) is 6.46. The second-order valence-corrected chi connectivity index (χ2v) is 5.36. The summed E-state index contributed by atoms with van der Waals surface area (Å²) in [5.74, 6) is -2.67. The van der Waals surface area contributed by atoms with E-state index in [1.54, 1.807) is 0 Å². The maximum Gasteiger partial charge on any atom is 0.271 e. The Morgan fingerprint density at radius 1 is 1.17 bits per heavy atom. The lowest BCUT2D eigenvalue weighted by atomic mass is 10.1. The van der Waals surface area contributed by atoms with E-state index in [0.717, 1.165) is 32.7 Å². The van der Waals surface area contributed by atoms with Crippen LogP contribution in [0.1, 0.15) is 26.7 Å². The van der Waals surface area contributed by atoms with Gasteiger partial charge in [-0.2, -0.15) is 0 Å². The number of rotatable bonds is 7. The van der Waals surface area contributed by atoms with Gasteiger partial charge in [-0.05, 0) is 26.8 Å². The van der Waals surface area contributed by atoms with Crippen molar-refractivity contribution in [2.45, 2.75) is 38.7 Å². The van der Waals surface area contributed by atoms with Gasteiger partial charge in [-0.25, -0.2) is 8.78 Å². The van der Waals surface area contributed by atoms with Crippen molar-refractivity contribution in [1.82, 2.24) is 9.80 Å². The van der Waals surface area contributed by atoms with Gasteiger partial charge in [-0.3, -0.25) is 4.90 Å². The van der Waals surface area contributed by atoms with Gasteiger partial charge in [0.25, 0.3) is 5.92 Å². The van der Waals surface area contributed by atoms with E-state index in [0.29, 0.717) is 12.5 Å². The lowest BCUT2D eigenvalue weighted by Gasteiger charge is -2.37. The van der Waals surface area contributed by atoms with Crippen LogP contribution < -0.4 is 0 Å². The molecule has 5 heteroatoms. The van der Waals surface area contributed by atoms with Crippen LogP contribution in [0.25, 0.3) is 0 Å². The maximum atomic E-state index is 13.2. The van der Waals surface area contributed by atoms with Gasteiger partial charge in [-0.1, -0.05) is 0 Å². The van der Waals surface area contributed by atoms with Gasteiger partial charge in [0.05, 0.1) is 0 Å². The van der Waals surface area contributed by atoms with Crippen molar-refractivity contribution in [3.8, 4) is 0 Å². The first-order valence-corrected chi connectivity index (χ1v) is 6.78. The Labute approximate surface area is 109 Å². The molecule has 1 heterocycles. The normalized spacial score (nSPS) is 19.7. The van der Waals surface area contributed by atoms with E-state index in [4.69, 9.17) is 0 Å². The largest absolute Gasteiger partial charge is 0.378 e. The van der Waals surface area contributed by atoms with Crippen LogP contribution in [0.4, 0.5) is 8.78 Å². The second-order valence-electron chi connectivity index (χ2n) is 5.36. The van der Waals surface area contributed by atoms with Crippen molar-refractivity contribution in [2.24, 2.45) is 0 Å². The highest BCUT2D eigenvalue weighted by Crippen LogP contribution is 2.20. The first-order valence-electron chi connectivity index (χ1n) is 6.78. The molecule has 0 bridgehead atoms. The molecule has 0 aromatic rings. The summed E-state index contributed by atoms with van der Waals surface area (Å²) in [5.41, 5.74) is 0. The summed E-state index contributed by atoms with van der Waals surface area (Å²) < 4.78 is 30.9. The molecule has 0 amide bonds. The molecule has 0 atom stereocenters. The van der Waals surface area contributed by atoms with Crippen LogP contribution in [0.15, 0.2) is 0 Å². The van der Waals surface area contributed by atoms with Crippen molar-refractivity contribution in [3.63, 3.8) is 0 Å². The Bertz CT molecular complexity index is 229. The lowest BCUT2D eigenvalue weighted by molar-refractivity contribution is -0.0723. The molecule has 1 saturated heterocycles. The average molecular weight is 264 g/mol. The third-order valence-corrected chi connectivity index (χ3v) is 3.51. The van der Waals surface area contributed by atoms with E-state index in [1.165, 1.54) is 7.11 Å². The van der Waals surface area contributed by atoms with Crippen molar-refractivity contribution in [2.75, 3.05) is 46.4 Å². The van der Waals surface area contributed by atoms with Crippen molar-refractivity contribution < 1.29 is 13.5 Å². The van der Waals surface area contributed by atoms with Crippen LogP contribution in [0.3, 0.4) is 0 Å². The summed E-state index contributed by atoms with van der Waals surface area (Å²) in [6, 6.07) is 0.582. The Morgan fingerprint density at radius 2 is 1.78 bits per heavy atom.